The normalized spacial score (nSPS) is 20.2. The molecule has 5 nitrogen and oxygen atoms in total. The lowest BCUT2D eigenvalue weighted by atomic mass is 9.86. The van der Waals surface area contributed by atoms with Crippen molar-refractivity contribution in [3.05, 3.63) is 59.4 Å². The molecule has 1 fully saturated rings. The molecule has 3 rings (SSSR count). The minimum atomic E-state index is -0.340. The summed E-state index contributed by atoms with van der Waals surface area (Å²) in [5.41, 5.74) is 2.04. The Balaban J connectivity index is 2.04. The monoisotopic (exact) mass is 383 g/mol. The lowest BCUT2D eigenvalue weighted by Gasteiger charge is -2.38. The largest absolute Gasteiger partial charge is 0.463 e. The summed E-state index contributed by atoms with van der Waals surface area (Å²) in [6, 6.07) is 9.93. The summed E-state index contributed by atoms with van der Waals surface area (Å²) in [7, 11) is 0. The molecule has 150 valence electrons. The van der Waals surface area contributed by atoms with Crippen molar-refractivity contribution in [1.82, 2.24) is 4.90 Å². The first-order valence-corrected chi connectivity index (χ1v) is 10.3. The number of hydrogen-bond donors (Lipinski definition) is 0. The van der Waals surface area contributed by atoms with Gasteiger partial charge in [0.25, 0.3) is 0 Å². The van der Waals surface area contributed by atoms with Gasteiger partial charge in [0.05, 0.1) is 18.8 Å². The third-order valence-corrected chi connectivity index (χ3v) is 5.34. The van der Waals surface area contributed by atoms with Crippen LogP contribution >= 0.6 is 0 Å². The van der Waals surface area contributed by atoms with Crippen molar-refractivity contribution in [2.75, 3.05) is 13.2 Å². The van der Waals surface area contributed by atoms with E-state index in [1.807, 2.05) is 47.5 Å². The van der Waals surface area contributed by atoms with Crippen LogP contribution in [-0.4, -0.2) is 36.1 Å². The Bertz CT molecular complexity index is 747. The third kappa shape index (κ3) is 4.46. The van der Waals surface area contributed by atoms with E-state index in [0.29, 0.717) is 24.5 Å². The van der Waals surface area contributed by atoms with Gasteiger partial charge in [0.2, 0.25) is 0 Å². The van der Waals surface area contributed by atoms with Crippen LogP contribution in [0.25, 0.3) is 0 Å². The van der Waals surface area contributed by atoms with Crippen molar-refractivity contribution in [2.24, 2.45) is 0 Å². The molecule has 0 radical (unpaired) electrons. The number of allylic oxidation sites excluding steroid dienone is 1. The van der Waals surface area contributed by atoms with Gasteiger partial charge in [0.15, 0.2) is 0 Å². The summed E-state index contributed by atoms with van der Waals surface area (Å²) in [6.07, 6.45) is 9.17. The lowest BCUT2D eigenvalue weighted by molar-refractivity contribution is -0.141. The van der Waals surface area contributed by atoms with Gasteiger partial charge in [0, 0.05) is 18.2 Å². The second-order valence-electron chi connectivity index (χ2n) is 7.16. The van der Waals surface area contributed by atoms with E-state index in [-0.39, 0.29) is 23.9 Å². The van der Waals surface area contributed by atoms with Crippen molar-refractivity contribution in [1.29, 1.82) is 0 Å². The fourth-order valence-corrected chi connectivity index (χ4v) is 4.00. The van der Waals surface area contributed by atoms with Gasteiger partial charge in [0.1, 0.15) is 5.70 Å². The molecule has 28 heavy (non-hydrogen) atoms. The predicted molar refractivity (Wildman–Crippen MR) is 107 cm³/mol. The van der Waals surface area contributed by atoms with Crippen molar-refractivity contribution in [3.63, 3.8) is 0 Å². The predicted octanol–water partition coefficient (Wildman–Crippen LogP) is 4.31. The Hall–Kier alpha value is -2.56. The lowest BCUT2D eigenvalue weighted by Crippen LogP contribution is -2.39. The molecule has 1 aromatic rings. The van der Waals surface area contributed by atoms with Crippen LogP contribution in [0.4, 0.5) is 0 Å². The molecule has 1 aliphatic heterocycles. The van der Waals surface area contributed by atoms with E-state index < -0.39 is 0 Å². The van der Waals surface area contributed by atoms with E-state index in [9.17, 15) is 9.59 Å². The maximum Gasteiger partial charge on any atom is 0.354 e. The first-order valence-electron chi connectivity index (χ1n) is 10.3. The van der Waals surface area contributed by atoms with Crippen LogP contribution in [0.1, 0.15) is 57.4 Å². The SMILES string of the molecule is CCOC(=O)C1=CN(C2CCCCC2)C(C(=O)OCC)=CC1c1ccccc1. The Labute approximate surface area is 167 Å². The maximum atomic E-state index is 12.8. The molecule has 2 aliphatic rings. The van der Waals surface area contributed by atoms with Gasteiger partial charge >= 0.3 is 11.9 Å². The van der Waals surface area contributed by atoms with E-state index >= 15 is 0 Å². The number of carbonyl (C=O) groups is 2. The summed E-state index contributed by atoms with van der Waals surface area (Å²) >= 11 is 0. The standard InChI is InChI=1S/C23H29NO4/c1-3-27-22(25)20-16-24(18-13-9-6-10-14-18)21(23(26)28-4-2)15-19(20)17-11-7-5-8-12-17/h5,7-8,11-12,15-16,18-19H,3-4,6,9-10,13-14H2,1-2H3. The molecule has 1 unspecified atom stereocenters. The molecule has 1 atom stereocenters. The molecule has 0 amide bonds. The number of carbonyl (C=O) groups excluding carboxylic acids is 2. The first kappa shape index (κ1) is 20.2. The van der Waals surface area contributed by atoms with Gasteiger partial charge in [-0.15, -0.1) is 0 Å². The molecule has 0 N–H and O–H groups in total. The van der Waals surface area contributed by atoms with Gasteiger partial charge in [-0.05, 0) is 38.3 Å². The molecule has 0 saturated heterocycles. The quantitative estimate of drug-likeness (QED) is 0.685. The van der Waals surface area contributed by atoms with Crippen molar-refractivity contribution in [3.8, 4) is 0 Å². The van der Waals surface area contributed by atoms with Crippen LogP contribution < -0.4 is 0 Å². The molecule has 5 heteroatoms. The van der Waals surface area contributed by atoms with Crippen LogP contribution in [0.5, 0.6) is 0 Å². The highest BCUT2D eigenvalue weighted by Gasteiger charge is 2.35. The van der Waals surface area contributed by atoms with Crippen LogP contribution in [0, 0.1) is 0 Å². The van der Waals surface area contributed by atoms with E-state index in [1.165, 1.54) is 6.42 Å². The van der Waals surface area contributed by atoms with Gasteiger partial charge in [-0.25, -0.2) is 9.59 Å². The second-order valence-corrected chi connectivity index (χ2v) is 7.16. The molecule has 0 aromatic heterocycles. The molecule has 1 heterocycles. The van der Waals surface area contributed by atoms with Crippen LogP contribution in [0.3, 0.4) is 0 Å². The Morgan fingerprint density at radius 3 is 2.25 bits per heavy atom. The van der Waals surface area contributed by atoms with E-state index in [4.69, 9.17) is 9.47 Å². The fraction of sp³-hybridized carbons (Fsp3) is 0.478. The summed E-state index contributed by atoms with van der Waals surface area (Å²) < 4.78 is 10.7. The maximum absolute atomic E-state index is 12.8. The van der Waals surface area contributed by atoms with Crippen molar-refractivity contribution >= 4 is 11.9 Å². The van der Waals surface area contributed by atoms with Gasteiger partial charge in [-0.3, -0.25) is 0 Å². The minimum absolute atomic E-state index is 0.200. The topological polar surface area (TPSA) is 55.8 Å². The zero-order valence-electron chi connectivity index (χ0n) is 16.7. The zero-order chi connectivity index (χ0) is 19.9. The number of hydrogen-bond acceptors (Lipinski definition) is 5. The molecule has 0 spiro atoms. The highest BCUT2D eigenvalue weighted by molar-refractivity contribution is 5.94. The third-order valence-electron chi connectivity index (χ3n) is 5.34. The summed E-state index contributed by atoms with van der Waals surface area (Å²) in [5, 5.41) is 0. The van der Waals surface area contributed by atoms with Crippen LogP contribution in [0.2, 0.25) is 0 Å². The van der Waals surface area contributed by atoms with Gasteiger partial charge in [-0.2, -0.15) is 0 Å². The average Bonchev–Trinajstić information content (AvgIpc) is 2.74. The van der Waals surface area contributed by atoms with Crippen molar-refractivity contribution < 1.29 is 19.1 Å². The molecule has 1 aromatic carbocycles. The van der Waals surface area contributed by atoms with E-state index in [0.717, 1.165) is 31.2 Å². The van der Waals surface area contributed by atoms with Crippen LogP contribution in [0.15, 0.2) is 53.9 Å². The van der Waals surface area contributed by atoms with E-state index in [1.54, 1.807) is 13.8 Å². The number of esters is 2. The highest BCUT2D eigenvalue weighted by atomic mass is 16.5. The van der Waals surface area contributed by atoms with E-state index in [2.05, 4.69) is 0 Å². The number of rotatable bonds is 6. The van der Waals surface area contributed by atoms with Crippen molar-refractivity contribution in [2.45, 2.75) is 57.9 Å². The van der Waals surface area contributed by atoms with Crippen LogP contribution in [-0.2, 0) is 19.1 Å². The summed E-state index contributed by atoms with van der Waals surface area (Å²) in [5.74, 6) is -1.01. The molecule has 1 aliphatic carbocycles. The smallest absolute Gasteiger partial charge is 0.354 e. The summed E-state index contributed by atoms with van der Waals surface area (Å²) in [6.45, 7) is 4.24. The second kappa shape index (κ2) is 9.58. The molecular weight excluding hydrogens is 354 g/mol. The first-order chi connectivity index (χ1) is 13.7. The number of ether oxygens (including phenoxy) is 2. The Morgan fingerprint density at radius 1 is 0.964 bits per heavy atom. The Kier molecular flexibility index (Phi) is 6.90. The number of benzene rings is 1. The zero-order valence-corrected chi connectivity index (χ0v) is 16.7. The minimum Gasteiger partial charge on any atom is -0.463 e. The highest BCUT2D eigenvalue weighted by Crippen LogP contribution is 2.37. The van der Waals surface area contributed by atoms with Gasteiger partial charge in [-0.1, -0.05) is 49.6 Å². The molecule has 0 bridgehead atoms. The average molecular weight is 383 g/mol. The Morgan fingerprint density at radius 2 is 1.61 bits per heavy atom. The fourth-order valence-electron chi connectivity index (χ4n) is 4.00. The molecular formula is C23H29NO4. The number of nitrogens with zero attached hydrogens (tertiary/aromatic N) is 1. The molecule has 1 saturated carbocycles. The summed E-state index contributed by atoms with van der Waals surface area (Å²) in [4.78, 5) is 27.5. The van der Waals surface area contributed by atoms with Gasteiger partial charge < -0.3 is 14.4 Å².